The zero-order chi connectivity index (χ0) is 37.3. The zero-order valence-electron chi connectivity index (χ0n) is 33.9. The summed E-state index contributed by atoms with van der Waals surface area (Å²) >= 11 is 0. The number of hydrogen-bond acceptors (Lipinski definition) is 6. The number of allylic oxidation sites excluding steroid dienone is 3. The molecule has 9 unspecified atom stereocenters. The molecular weight excluding hydrogens is 655 g/mol. The minimum Gasteiger partial charge on any atom is -0.310 e. The van der Waals surface area contributed by atoms with E-state index in [1.807, 2.05) is 0 Å². The third kappa shape index (κ3) is 6.86. The maximum atomic E-state index is 12.3. The van der Waals surface area contributed by atoms with Crippen molar-refractivity contribution in [2.75, 3.05) is 44.8 Å². The largest absolute Gasteiger partial charge is 0.310 e. The van der Waals surface area contributed by atoms with Gasteiger partial charge in [-0.2, -0.15) is 0 Å². The average molecular weight is 728 g/mol. The van der Waals surface area contributed by atoms with Gasteiger partial charge in [0, 0.05) is 38.1 Å². The highest BCUT2D eigenvalue weighted by atomic mass is 32.2. The summed E-state index contributed by atoms with van der Waals surface area (Å²) in [6, 6.07) is 0. The van der Waals surface area contributed by atoms with Gasteiger partial charge in [-0.3, -0.25) is 9.63 Å². The van der Waals surface area contributed by atoms with Crippen molar-refractivity contribution in [2.24, 2.45) is 56.7 Å². The second-order valence-corrected chi connectivity index (χ2v) is 22.8. The van der Waals surface area contributed by atoms with Crippen molar-refractivity contribution in [1.82, 2.24) is 15.7 Å². The molecule has 51 heavy (non-hydrogen) atoms. The first-order valence-electron chi connectivity index (χ1n) is 20.6. The molecule has 5 fully saturated rings. The molecule has 1 aliphatic heterocycles. The number of hydroxylamine groups is 1. The monoisotopic (exact) mass is 728 g/mol. The van der Waals surface area contributed by atoms with Gasteiger partial charge in [-0.15, -0.1) is 0 Å². The smallest absolute Gasteiger partial charge is 0.244 e. The normalized spacial score (nSPS) is 41.7. The second kappa shape index (κ2) is 13.8. The Morgan fingerprint density at radius 1 is 0.980 bits per heavy atom. The van der Waals surface area contributed by atoms with Gasteiger partial charge in [0.2, 0.25) is 5.91 Å². The van der Waals surface area contributed by atoms with E-state index < -0.39 is 9.84 Å². The van der Waals surface area contributed by atoms with Crippen LogP contribution in [0.3, 0.4) is 0 Å². The van der Waals surface area contributed by atoms with E-state index >= 15 is 0 Å². The molecule has 0 aromatic carbocycles. The van der Waals surface area contributed by atoms with Gasteiger partial charge in [-0.05, 0) is 134 Å². The number of nitrogens with one attached hydrogen (secondary N) is 2. The summed E-state index contributed by atoms with van der Waals surface area (Å²) < 4.78 is 24.1. The van der Waals surface area contributed by atoms with Crippen molar-refractivity contribution < 1.29 is 18.0 Å². The van der Waals surface area contributed by atoms with Crippen LogP contribution in [0.25, 0.3) is 0 Å². The standard InChI is InChI=1S/C43H73N3O4S/c1-30(2)32-15-20-43(44-23-24-46-25-27-51(48,49)28-26-46)22-21-41(8)33(37(32)43)11-12-35-40(7)18-14-31(13-17-38(3,4)29-36(47)45-50-10)39(5,6)34(40)16-19-42(35,41)9/h14,32-35,37,44H,1,11-13,15-29H2,2-10H3,(H,45,47). The lowest BCUT2D eigenvalue weighted by atomic mass is 9.33. The van der Waals surface area contributed by atoms with Gasteiger partial charge in [-0.25, -0.2) is 13.9 Å². The number of rotatable bonds is 11. The molecule has 9 atom stereocenters. The summed E-state index contributed by atoms with van der Waals surface area (Å²) in [6.45, 7) is 27.8. The molecule has 1 amide bonds. The first-order valence-corrected chi connectivity index (χ1v) is 22.4. The predicted molar refractivity (Wildman–Crippen MR) is 209 cm³/mol. The van der Waals surface area contributed by atoms with Gasteiger partial charge in [0.25, 0.3) is 0 Å². The predicted octanol–water partition coefficient (Wildman–Crippen LogP) is 8.13. The first-order chi connectivity index (χ1) is 23.7. The van der Waals surface area contributed by atoms with E-state index in [0.717, 1.165) is 31.8 Å². The summed E-state index contributed by atoms with van der Waals surface area (Å²) in [7, 11) is -1.35. The Kier molecular flexibility index (Phi) is 10.7. The molecule has 6 rings (SSSR count). The molecule has 0 radical (unpaired) electrons. The van der Waals surface area contributed by atoms with Gasteiger partial charge in [0.15, 0.2) is 9.84 Å². The van der Waals surface area contributed by atoms with E-state index in [4.69, 9.17) is 4.84 Å². The molecule has 7 nitrogen and oxygen atoms in total. The minimum absolute atomic E-state index is 0.0393. The lowest BCUT2D eigenvalue weighted by Crippen LogP contribution is -2.68. The Hall–Kier alpha value is -1.22. The number of carbonyl (C=O) groups excluding carboxylic acids is 1. The molecule has 8 heteroatoms. The fourth-order valence-electron chi connectivity index (χ4n) is 14.1. The Bertz CT molecular complexity index is 1470. The molecule has 2 N–H and O–H groups in total. The van der Waals surface area contributed by atoms with Crippen molar-refractivity contribution in [3.05, 3.63) is 23.8 Å². The van der Waals surface area contributed by atoms with E-state index in [-0.39, 0.29) is 22.3 Å². The third-order valence-corrected chi connectivity index (χ3v) is 18.7. The molecule has 0 aromatic rings. The highest BCUT2D eigenvalue weighted by Crippen LogP contribution is 2.76. The van der Waals surface area contributed by atoms with Crippen LogP contribution >= 0.6 is 0 Å². The van der Waals surface area contributed by atoms with Gasteiger partial charge >= 0.3 is 0 Å². The Labute approximate surface area is 311 Å². The summed E-state index contributed by atoms with van der Waals surface area (Å²) in [4.78, 5) is 19.6. The molecule has 6 aliphatic rings. The molecule has 4 saturated carbocycles. The summed E-state index contributed by atoms with van der Waals surface area (Å²) in [5.74, 6) is 3.87. The SMILES string of the molecule is C=C(C)C1CCC2(NCCN3CCS(=O)(=O)CC3)CCC3(C)C(CCC4C5(C)CC=C(CCC(C)(C)CC(=O)NOC)C(C)(C)C5CCC43C)C12. The number of amides is 1. The molecule has 1 heterocycles. The molecule has 0 bridgehead atoms. The van der Waals surface area contributed by atoms with Crippen LogP contribution in [0.2, 0.25) is 0 Å². The molecule has 5 aliphatic carbocycles. The van der Waals surface area contributed by atoms with Crippen LogP contribution in [-0.2, 0) is 19.5 Å². The Balaban J connectivity index is 1.20. The molecule has 290 valence electrons. The highest BCUT2D eigenvalue weighted by molar-refractivity contribution is 7.91. The van der Waals surface area contributed by atoms with Gasteiger partial charge < -0.3 is 10.2 Å². The maximum absolute atomic E-state index is 12.3. The van der Waals surface area contributed by atoms with E-state index in [1.54, 1.807) is 5.57 Å². The van der Waals surface area contributed by atoms with E-state index in [0.29, 0.717) is 70.9 Å². The van der Waals surface area contributed by atoms with Crippen molar-refractivity contribution >= 4 is 15.7 Å². The molecule has 0 spiro atoms. The van der Waals surface area contributed by atoms with Crippen LogP contribution in [0.4, 0.5) is 0 Å². The number of fused-ring (bicyclic) bond motifs is 7. The summed E-state index contributed by atoms with van der Waals surface area (Å²) in [5, 5.41) is 4.22. The minimum atomic E-state index is -2.85. The average Bonchev–Trinajstić information content (AvgIpc) is 3.41. The maximum Gasteiger partial charge on any atom is 0.244 e. The topological polar surface area (TPSA) is 87.7 Å². The number of sulfone groups is 1. The Morgan fingerprint density at radius 3 is 2.35 bits per heavy atom. The Morgan fingerprint density at radius 2 is 1.69 bits per heavy atom. The molecule has 1 saturated heterocycles. The van der Waals surface area contributed by atoms with Gasteiger partial charge in [0.1, 0.15) is 0 Å². The number of carbonyl (C=O) groups is 1. The molecule has 0 aromatic heterocycles. The highest BCUT2D eigenvalue weighted by Gasteiger charge is 2.70. The molecular formula is C43H73N3O4S. The van der Waals surface area contributed by atoms with Crippen LogP contribution < -0.4 is 10.8 Å². The van der Waals surface area contributed by atoms with Crippen LogP contribution in [0.1, 0.15) is 132 Å². The van der Waals surface area contributed by atoms with Gasteiger partial charge in [-0.1, -0.05) is 72.3 Å². The lowest BCUT2D eigenvalue weighted by Gasteiger charge is -2.72. The van der Waals surface area contributed by atoms with Crippen molar-refractivity contribution in [3.63, 3.8) is 0 Å². The second-order valence-electron chi connectivity index (χ2n) is 20.5. The van der Waals surface area contributed by atoms with Crippen LogP contribution in [0.15, 0.2) is 23.8 Å². The summed E-state index contributed by atoms with van der Waals surface area (Å²) in [6.07, 6.45) is 16.7. The van der Waals surface area contributed by atoms with Crippen LogP contribution in [-0.4, -0.2) is 69.6 Å². The first kappa shape index (κ1) is 39.5. The summed E-state index contributed by atoms with van der Waals surface area (Å²) in [5.41, 5.74) is 6.66. The quantitative estimate of drug-likeness (QED) is 0.165. The fraction of sp³-hybridized carbons (Fsp3) is 0.884. The number of nitrogens with zero attached hydrogens (tertiary/aromatic N) is 1. The fourth-order valence-corrected chi connectivity index (χ4v) is 15.4. The van der Waals surface area contributed by atoms with Gasteiger partial charge in [0.05, 0.1) is 18.6 Å². The lowest BCUT2D eigenvalue weighted by molar-refractivity contribution is -0.221. The van der Waals surface area contributed by atoms with Crippen LogP contribution in [0.5, 0.6) is 0 Å². The number of hydrogen-bond donors (Lipinski definition) is 2. The van der Waals surface area contributed by atoms with Crippen molar-refractivity contribution in [3.8, 4) is 0 Å². The van der Waals surface area contributed by atoms with E-state index in [1.165, 1.54) is 70.5 Å². The third-order valence-electron chi connectivity index (χ3n) is 17.1. The van der Waals surface area contributed by atoms with Crippen molar-refractivity contribution in [2.45, 2.75) is 138 Å². The van der Waals surface area contributed by atoms with Crippen molar-refractivity contribution in [1.29, 1.82) is 0 Å². The van der Waals surface area contributed by atoms with E-state index in [2.05, 4.69) is 83.7 Å². The van der Waals surface area contributed by atoms with E-state index in [9.17, 15) is 13.2 Å². The zero-order valence-corrected chi connectivity index (χ0v) is 34.7. The van der Waals surface area contributed by atoms with Crippen LogP contribution in [0, 0.1) is 56.7 Å².